The molecular weight excluding hydrogens is 250 g/mol. The Labute approximate surface area is 111 Å². The van der Waals surface area contributed by atoms with Crippen LogP contribution in [-0.4, -0.2) is 24.7 Å². The van der Waals surface area contributed by atoms with Gasteiger partial charge in [-0.3, -0.25) is 0 Å². The largest absolute Gasteiger partial charge is 0.464 e. The number of thiazole rings is 1. The van der Waals surface area contributed by atoms with Crippen LogP contribution in [0.15, 0.2) is 0 Å². The number of carbonyl (C=O) groups excluding carboxylic acids is 1. The van der Waals surface area contributed by atoms with Crippen LogP contribution in [0.1, 0.15) is 53.0 Å². The lowest BCUT2D eigenvalue weighted by molar-refractivity contribution is -0.0391. The van der Waals surface area contributed by atoms with Gasteiger partial charge in [-0.2, -0.15) is 0 Å². The van der Waals surface area contributed by atoms with Crippen molar-refractivity contribution in [2.45, 2.75) is 45.1 Å². The first-order valence-corrected chi connectivity index (χ1v) is 7.15. The summed E-state index contributed by atoms with van der Waals surface area (Å²) in [5, 5.41) is 0.930. The molecule has 1 saturated carbocycles. The Kier molecular flexibility index (Phi) is 4.02. The van der Waals surface area contributed by atoms with E-state index in [0.717, 1.165) is 35.6 Å². The number of nitrogens with zero attached hydrogens (tertiary/aromatic N) is 1. The molecule has 4 nitrogen and oxygen atoms in total. The van der Waals surface area contributed by atoms with E-state index in [1.165, 1.54) is 7.11 Å². The highest BCUT2D eigenvalue weighted by molar-refractivity contribution is 7.12. The summed E-state index contributed by atoms with van der Waals surface area (Å²) in [6.07, 6.45) is 4.31. The van der Waals surface area contributed by atoms with Crippen molar-refractivity contribution in [2.24, 2.45) is 0 Å². The maximum absolute atomic E-state index is 11.6. The number of hydrogen-bond donors (Lipinski definition) is 0. The summed E-state index contributed by atoms with van der Waals surface area (Å²) in [5.74, 6) is -0.361. The van der Waals surface area contributed by atoms with Gasteiger partial charge in [-0.25, -0.2) is 9.78 Å². The maximum Gasteiger partial charge on any atom is 0.357 e. The van der Waals surface area contributed by atoms with Gasteiger partial charge in [0.2, 0.25) is 0 Å². The van der Waals surface area contributed by atoms with E-state index in [1.807, 2.05) is 13.8 Å². The van der Waals surface area contributed by atoms with Crippen molar-refractivity contribution in [1.82, 2.24) is 4.98 Å². The first kappa shape index (κ1) is 13.5. The van der Waals surface area contributed by atoms with Gasteiger partial charge in [0.05, 0.1) is 7.11 Å². The Hall–Kier alpha value is -0.940. The van der Waals surface area contributed by atoms with Crippen LogP contribution in [0.5, 0.6) is 0 Å². The van der Waals surface area contributed by atoms with Gasteiger partial charge in [0.15, 0.2) is 5.69 Å². The molecule has 5 heteroatoms. The van der Waals surface area contributed by atoms with Gasteiger partial charge in [-0.05, 0) is 26.7 Å². The minimum Gasteiger partial charge on any atom is -0.464 e. The molecule has 0 unspecified atom stereocenters. The predicted octanol–water partition coefficient (Wildman–Crippen LogP) is 3.04. The molecule has 2 rings (SSSR count). The second-order valence-corrected chi connectivity index (χ2v) is 5.75. The van der Waals surface area contributed by atoms with Crippen molar-refractivity contribution in [3.63, 3.8) is 0 Å². The summed E-state index contributed by atoms with van der Waals surface area (Å²) in [4.78, 5) is 17.0. The van der Waals surface area contributed by atoms with Crippen LogP contribution >= 0.6 is 11.3 Å². The van der Waals surface area contributed by atoms with Gasteiger partial charge in [0.25, 0.3) is 0 Å². The third-order valence-electron chi connectivity index (χ3n) is 3.40. The third kappa shape index (κ3) is 2.29. The van der Waals surface area contributed by atoms with Crippen molar-refractivity contribution in [1.29, 1.82) is 0 Å². The minimum atomic E-state index is -0.361. The van der Waals surface area contributed by atoms with Crippen molar-refractivity contribution in [3.05, 3.63) is 15.6 Å². The predicted molar refractivity (Wildman–Crippen MR) is 70.0 cm³/mol. The zero-order valence-corrected chi connectivity index (χ0v) is 11.9. The Morgan fingerprint density at radius 2 is 2.11 bits per heavy atom. The van der Waals surface area contributed by atoms with Crippen LogP contribution in [0.4, 0.5) is 0 Å². The molecule has 18 heavy (non-hydrogen) atoms. The molecule has 1 aliphatic rings. The molecule has 0 N–H and O–H groups in total. The van der Waals surface area contributed by atoms with Crippen LogP contribution in [-0.2, 0) is 15.1 Å². The van der Waals surface area contributed by atoms with Crippen LogP contribution in [0.2, 0.25) is 0 Å². The zero-order chi connectivity index (χ0) is 13.2. The molecule has 1 aliphatic carbocycles. The molecule has 1 aromatic heterocycles. The summed E-state index contributed by atoms with van der Waals surface area (Å²) in [5.41, 5.74) is 0.166. The van der Waals surface area contributed by atoms with Gasteiger partial charge >= 0.3 is 5.97 Å². The van der Waals surface area contributed by atoms with Crippen molar-refractivity contribution in [3.8, 4) is 0 Å². The quantitative estimate of drug-likeness (QED) is 0.788. The fourth-order valence-electron chi connectivity index (χ4n) is 2.52. The molecule has 0 saturated heterocycles. The molecule has 1 heterocycles. The number of methoxy groups -OCH3 is 1. The highest BCUT2D eigenvalue weighted by Crippen LogP contribution is 2.44. The third-order valence-corrected chi connectivity index (χ3v) is 4.55. The van der Waals surface area contributed by atoms with E-state index in [4.69, 9.17) is 9.47 Å². The van der Waals surface area contributed by atoms with E-state index in [0.29, 0.717) is 12.3 Å². The van der Waals surface area contributed by atoms with E-state index in [2.05, 4.69) is 4.98 Å². The fraction of sp³-hybridized carbons (Fsp3) is 0.692. The number of carbonyl (C=O) groups is 1. The number of rotatable bonds is 4. The Balaban J connectivity index is 2.34. The normalized spacial score (nSPS) is 17.9. The number of aryl methyl sites for hydroxylation is 1. The average Bonchev–Trinajstić information content (AvgIpc) is 2.96. The van der Waals surface area contributed by atoms with Crippen molar-refractivity contribution < 1.29 is 14.3 Å². The van der Waals surface area contributed by atoms with E-state index in [-0.39, 0.29) is 11.6 Å². The summed E-state index contributed by atoms with van der Waals surface area (Å²) in [6, 6.07) is 0. The lowest BCUT2D eigenvalue weighted by Crippen LogP contribution is -2.26. The van der Waals surface area contributed by atoms with E-state index < -0.39 is 0 Å². The summed E-state index contributed by atoms with van der Waals surface area (Å²) in [6.45, 7) is 4.58. The lowest BCUT2D eigenvalue weighted by Gasteiger charge is -2.26. The molecule has 1 aromatic rings. The molecule has 0 amide bonds. The molecule has 0 spiro atoms. The van der Waals surface area contributed by atoms with E-state index in [9.17, 15) is 4.79 Å². The van der Waals surface area contributed by atoms with Gasteiger partial charge in [-0.15, -0.1) is 11.3 Å². The Bertz CT molecular complexity index is 435. The molecule has 0 aromatic carbocycles. The molecule has 0 bridgehead atoms. The fourth-order valence-corrected chi connectivity index (χ4v) is 3.62. The van der Waals surface area contributed by atoms with Crippen LogP contribution in [0.25, 0.3) is 0 Å². The smallest absolute Gasteiger partial charge is 0.357 e. The highest BCUT2D eigenvalue weighted by Gasteiger charge is 2.40. The summed E-state index contributed by atoms with van der Waals surface area (Å²) in [7, 11) is 1.38. The second-order valence-electron chi connectivity index (χ2n) is 4.55. The monoisotopic (exact) mass is 269 g/mol. The Morgan fingerprint density at radius 1 is 1.44 bits per heavy atom. The summed E-state index contributed by atoms with van der Waals surface area (Å²) < 4.78 is 10.7. The SMILES string of the molecule is CCOC1(c2nc(C(=O)OC)c(C)s2)CCCC1. The van der Waals surface area contributed by atoms with Gasteiger partial charge in [0.1, 0.15) is 10.6 Å². The lowest BCUT2D eigenvalue weighted by atomic mass is 10.0. The van der Waals surface area contributed by atoms with Crippen LogP contribution < -0.4 is 0 Å². The van der Waals surface area contributed by atoms with Gasteiger partial charge < -0.3 is 9.47 Å². The molecule has 0 radical (unpaired) electrons. The molecule has 1 fully saturated rings. The van der Waals surface area contributed by atoms with Gasteiger partial charge in [0, 0.05) is 11.5 Å². The Morgan fingerprint density at radius 3 is 2.67 bits per heavy atom. The zero-order valence-electron chi connectivity index (χ0n) is 11.1. The maximum atomic E-state index is 11.6. The first-order chi connectivity index (χ1) is 8.63. The average molecular weight is 269 g/mol. The second kappa shape index (κ2) is 5.36. The number of ether oxygens (including phenoxy) is 2. The number of hydrogen-bond acceptors (Lipinski definition) is 5. The molecular formula is C13H19NO3S. The number of aromatic nitrogens is 1. The van der Waals surface area contributed by atoms with Crippen LogP contribution in [0.3, 0.4) is 0 Å². The van der Waals surface area contributed by atoms with Crippen molar-refractivity contribution >= 4 is 17.3 Å². The standard InChI is InChI=1S/C13H19NO3S/c1-4-17-13(7-5-6-8-13)12-14-10(9(2)18-12)11(15)16-3/h4-8H2,1-3H3. The molecule has 100 valence electrons. The van der Waals surface area contributed by atoms with Crippen molar-refractivity contribution in [2.75, 3.05) is 13.7 Å². The van der Waals surface area contributed by atoms with E-state index in [1.54, 1.807) is 11.3 Å². The number of esters is 1. The van der Waals surface area contributed by atoms with Crippen LogP contribution in [0, 0.1) is 6.92 Å². The first-order valence-electron chi connectivity index (χ1n) is 6.33. The van der Waals surface area contributed by atoms with Gasteiger partial charge in [-0.1, -0.05) is 12.8 Å². The molecule has 0 aliphatic heterocycles. The minimum absolute atomic E-state index is 0.267. The summed E-state index contributed by atoms with van der Waals surface area (Å²) >= 11 is 1.56. The van der Waals surface area contributed by atoms with E-state index >= 15 is 0 Å². The molecule has 0 atom stereocenters. The highest BCUT2D eigenvalue weighted by atomic mass is 32.1. The topological polar surface area (TPSA) is 48.4 Å².